The fraction of sp³-hybridized carbons (Fsp3) is 0.833. The van der Waals surface area contributed by atoms with E-state index in [1.807, 2.05) is 6.92 Å². The number of amides is 2. The highest BCUT2D eigenvalue weighted by Crippen LogP contribution is 2.31. The number of rotatable bonds is 4. The Morgan fingerprint density at radius 2 is 1.81 bits per heavy atom. The van der Waals surface area contributed by atoms with E-state index < -0.39 is 23.7 Å². The average molecular weight is 312 g/mol. The number of carbonyl (C=O) groups excluding carboxylic acids is 1. The standard InChI is InChI=1S/C12H19F3N2O4/c1-10(3-5-21-6-4-10)7-16-9(20)17-11(2,8(18)19)12(13,14)15/h3-7H2,1-2H3,(H,18,19)(H2,16,17,20). The van der Waals surface area contributed by atoms with E-state index in [1.54, 1.807) is 0 Å². The van der Waals surface area contributed by atoms with Gasteiger partial charge in [-0.05, 0) is 25.2 Å². The van der Waals surface area contributed by atoms with Gasteiger partial charge in [0, 0.05) is 19.8 Å². The van der Waals surface area contributed by atoms with Gasteiger partial charge in [0.1, 0.15) is 0 Å². The van der Waals surface area contributed by atoms with E-state index in [0.717, 1.165) is 0 Å². The Bertz CT molecular complexity index is 408. The van der Waals surface area contributed by atoms with Crippen LogP contribution in [0.1, 0.15) is 26.7 Å². The quantitative estimate of drug-likeness (QED) is 0.734. The van der Waals surface area contributed by atoms with Gasteiger partial charge in [-0.15, -0.1) is 0 Å². The number of ether oxygens (including phenoxy) is 1. The lowest BCUT2D eigenvalue weighted by Gasteiger charge is -2.34. The first-order valence-corrected chi connectivity index (χ1v) is 6.44. The lowest BCUT2D eigenvalue weighted by atomic mass is 9.82. The molecule has 6 nitrogen and oxygen atoms in total. The maximum Gasteiger partial charge on any atom is 0.422 e. The maximum atomic E-state index is 12.7. The number of carbonyl (C=O) groups is 2. The van der Waals surface area contributed by atoms with Crippen molar-refractivity contribution in [2.45, 2.75) is 38.4 Å². The molecule has 9 heteroatoms. The molecule has 1 heterocycles. The van der Waals surface area contributed by atoms with Gasteiger partial charge in [0.15, 0.2) is 0 Å². The van der Waals surface area contributed by atoms with Crippen molar-refractivity contribution in [3.63, 3.8) is 0 Å². The first-order chi connectivity index (χ1) is 9.50. The van der Waals surface area contributed by atoms with Gasteiger partial charge in [-0.3, -0.25) is 0 Å². The second kappa shape index (κ2) is 6.08. The van der Waals surface area contributed by atoms with Crippen molar-refractivity contribution in [2.75, 3.05) is 19.8 Å². The lowest BCUT2D eigenvalue weighted by molar-refractivity contribution is -0.203. The van der Waals surface area contributed by atoms with Gasteiger partial charge in [-0.1, -0.05) is 6.92 Å². The van der Waals surface area contributed by atoms with E-state index in [1.165, 1.54) is 5.32 Å². The summed E-state index contributed by atoms with van der Waals surface area (Å²) in [6, 6.07) is -1.16. The van der Waals surface area contributed by atoms with Crippen LogP contribution in [0.2, 0.25) is 0 Å². The number of carboxylic acids is 1. The Labute approximate surface area is 120 Å². The van der Waals surface area contributed by atoms with E-state index in [9.17, 15) is 22.8 Å². The molecular formula is C12H19F3N2O4. The molecule has 0 spiro atoms. The zero-order valence-electron chi connectivity index (χ0n) is 11.8. The average Bonchev–Trinajstić information content (AvgIpc) is 2.36. The summed E-state index contributed by atoms with van der Waals surface area (Å²) in [5, 5.41) is 12.5. The molecule has 21 heavy (non-hydrogen) atoms. The van der Waals surface area contributed by atoms with Crippen LogP contribution in [-0.2, 0) is 9.53 Å². The van der Waals surface area contributed by atoms with Gasteiger partial charge in [0.05, 0.1) is 0 Å². The van der Waals surface area contributed by atoms with Crippen molar-refractivity contribution in [3.8, 4) is 0 Å². The van der Waals surface area contributed by atoms with Crippen LogP contribution >= 0.6 is 0 Å². The highest BCUT2D eigenvalue weighted by molar-refractivity contribution is 5.86. The molecule has 0 bridgehead atoms. The van der Waals surface area contributed by atoms with Crippen molar-refractivity contribution in [3.05, 3.63) is 0 Å². The summed E-state index contributed by atoms with van der Waals surface area (Å²) in [6.07, 6.45) is -3.76. The van der Waals surface area contributed by atoms with Gasteiger partial charge in [-0.25, -0.2) is 9.59 Å². The lowest BCUT2D eigenvalue weighted by Crippen LogP contribution is -2.64. The van der Waals surface area contributed by atoms with Crippen LogP contribution in [-0.4, -0.2) is 48.6 Å². The van der Waals surface area contributed by atoms with Crippen molar-refractivity contribution in [2.24, 2.45) is 5.41 Å². The summed E-state index contributed by atoms with van der Waals surface area (Å²) in [6.45, 7) is 3.49. The molecule has 1 rings (SSSR count). The monoisotopic (exact) mass is 312 g/mol. The number of nitrogens with one attached hydrogen (secondary N) is 2. The zero-order valence-corrected chi connectivity index (χ0v) is 11.8. The number of urea groups is 1. The van der Waals surface area contributed by atoms with Gasteiger partial charge in [0.2, 0.25) is 5.54 Å². The highest BCUT2D eigenvalue weighted by Gasteiger charge is 2.58. The van der Waals surface area contributed by atoms with Crippen molar-refractivity contribution in [1.82, 2.24) is 10.6 Å². The van der Waals surface area contributed by atoms with Gasteiger partial charge < -0.3 is 20.5 Å². The molecule has 1 atom stereocenters. The summed E-state index contributed by atoms with van der Waals surface area (Å²) in [5.74, 6) is -2.16. The molecule has 1 saturated heterocycles. The van der Waals surface area contributed by atoms with Crippen LogP contribution in [0.4, 0.5) is 18.0 Å². The minimum Gasteiger partial charge on any atom is -0.479 e. The van der Waals surface area contributed by atoms with Crippen LogP contribution in [0.15, 0.2) is 0 Å². The summed E-state index contributed by atoms with van der Waals surface area (Å²) in [4.78, 5) is 22.4. The molecule has 0 aliphatic carbocycles. The Hall–Kier alpha value is -1.51. The largest absolute Gasteiger partial charge is 0.479 e. The topological polar surface area (TPSA) is 87.7 Å². The second-order valence-electron chi connectivity index (χ2n) is 5.66. The van der Waals surface area contributed by atoms with Crippen molar-refractivity contribution in [1.29, 1.82) is 0 Å². The van der Waals surface area contributed by atoms with E-state index >= 15 is 0 Å². The molecule has 122 valence electrons. The van der Waals surface area contributed by atoms with Crippen molar-refractivity contribution < 1.29 is 32.6 Å². The molecule has 2 amide bonds. The number of hydrogen-bond donors (Lipinski definition) is 3. The summed E-state index contributed by atoms with van der Waals surface area (Å²) in [7, 11) is 0. The SMILES string of the molecule is CC1(CNC(=O)NC(C)(C(=O)O)C(F)(F)F)CCOCC1. The summed E-state index contributed by atoms with van der Waals surface area (Å²) >= 11 is 0. The Morgan fingerprint density at radius 1 is 1.29 bits per heavy atom. The van der Waals surface area contributed by atoms with Gasteiger partial charge >= 0.3 is 18.2 Å². The fourth-order valence-electron chi connectivity index (χ4n) is 1.85. The smallest absolute Gasteiger partial charge is 0.422 e. The van der Waals surface area contributed by atoms with Crippen LogP contribution in [0.5, 0.6) is 0 Å². The molecule has 1 fully saturated rings. The number of carboxylic acid groups (broad SMARTS) is 1. The number of hydrogen-bond acceptors (Lipinski definition) is 3. The Balaban J connectivity index is 2.61. The van der Waals surface area contributed by atoms with Crippen molar-refractivity contribution >= 4 is 12.0 Å². The molecule has 0 saturated carbocycles. The molecule has 0 aromatic carbocycles. The highest BCUT2D eigenvalue weighted by atomic mass is 19.4. The maximum absolute atomic E-state index is 12.7. The predicted molar refractivity (Wildman–Crippen MR) is 66.8 cm³/mol. The van der Waals surface area contributed by atoms with E-state index in [2.05, 4.69) is 5.32 Å². The van der Waals surface area contributed by atoms with Crippen LogP contribution < -0.4 is 10.6 Å². The molecule has 1 aliphatic heterocycles. The Morgan fingerprint density at radius 3 is 2.24 bits per heavy atom. The first kappa shape index (κ1) is 17.5. The number of aliphatic carboxylic acids is 1. The van der Waals surface area contributed by atoms with E-state index in [0.29, 0.717) is 33.0 Å². The third kappa shape index (κ3) is 4.23. The zero-order chi connectivity index (χ0) is 16.3. The number of halogens is 3. The minimum absolute atomic E-state index is 0.149. The Kier molecular flexibility index (Phi) is 5.08. The predicted octanol–water partition coefficient (Wildman–Crippen LogP) is 1.51. The molecular weight excluding hydrogens is 293 g/mol. The van der Waals surface area contributed by atoms with Crippen LogP contribution in [0.25, 0.3) is 0 Å². The van der Waals surface area contributed by atoms with E-state index in [-0.39, 0.29) is 12.0 Å². The molecule has 0 aromatic heterocycles. The molecule has 0 radical (unpaired) electrons. The number of alkyl halides is 3. The third-order valence-electron chi connectivity index (χ3n) is 3.73. The molecule has 3 N–H and O–H groups in total. The molecule has 0 aromatic rings. The normalized spacial score (nSPS) is 21.2. The summed E-state index contributed by atoms with van der Waals surface area (Å²) in [5.41, 5.74) is -3.60. The van der Waals surface area contributed by atoms with Crippen LogP contribution in [0.3, 0.4) is 0 Å². The molecule has 1 aliphatic rings. The minimum atomic E-state index is -5.10. The van der Waals surface area contributed by atoms with Gasteiger partial charge in [-0.2, -0.15) is 13.2 Å². The fourth-order valence-corrected chi connectivity index (χ4v) is 1.85. The van der Waals surface area contributed by atoms with E-state index in [4.69, 9.17) is 9.84 Å². The van der Waals surface area contributed by atoms with Gasteiger partial charge in [0.25, 0.3) is 0 Å². The van der Waals surface area contributed by atoms with Crippen LogP contribution in [0, 0.1) is 5.41 Å². The first-order valence-electron chi connectivity index (χ1n) is 6.44. The summed E-state index contributed by atoms with van der Waals surface area (Å²) < 4.78 is 43.4. The third-order valence-corrected chi connectivity index (χ3v) is 3.73. The molecule has 1 unspecified atom stereocenters. The second-order valence-corrected chi connectivity index (χ2v) is 5.66.